The molecule has 9 heteroatoms. The highest BCUT2D eigenvalue weighted by atomic mass is 28.3. The second-order valence-corrected chi connectivity index (χ2v) is 13.9. The number of aliphatic carboxylic acids is 1. The van der Waals surface area contributed by atoms with Crippen LogP contribution >= 0.6 is 0 Å². The van der Waals surface area contributed by atoms with Gasteiger partial charge in [0.05, 0.1) is 5.92 Å². The number of rotatable bonds is 12. The summed E-state index contributed by atoms with van der Waals surface area (Å²) in [6.07, 6.45) is 5.30. The predicted molar refractivity (Wildman–Crippen MR) is 109 cm³/mol. The fourth-order valence-electron chi connectivity index (χ4n) is 3.09. The van der Waals surface area contributed by atoms with Gasteiger partial charge in [0.25, 0.3) is 0 Å². The first-order chi connectivity index (χ1) is 13.3. The van der Waals surface area contributed by atoms with Crippen molar-refractivity contribution in [3.63, 3.8) is 0 Å². The Labute approximate surface area is 167 Å². The number of hydrogen-bond donors (Lipinski definition) is 1. The van der Waals surface area contributed by atoms with Crippen LogP contribution in [0, 0.1) is 5.92 Å². The third kappa shape index (κ3) is 6.79. The van der Waals surface area contributed by atoms with Gasteiger partial charge in [0, 0.05) is 33.0 Å². The van der Waals surface area contributed by atoms with Crippen molar-refractivity contribution in [1.82, 2.24) is 25.2 Å². The summed E-state index contributed by atoms with van der Waals surface area (Å²) in [6.45, 7) is 9.77. The second-order valence-electron chi connectivity index (χ2n) is 8.28. The fourth-order valence-corrected chi connectivity index (χ4v) is 3.85. The quantitative estimate of drug-likeness (QED) is 0.427. The lowest BCUT2D eigenvalue weighted by molar-refractivity contribution is -0.143. The van der Waals surface area contributed by atoms with E-state index in [-0.39, 0.29) is 12.6 Å². The van der Waals surface area contributed by atoms with Crippen LogP contribution in [0.15, 0.2) is 24.5 Å². The van der Waals surface area contributed by atoms with Crippen molar-refractivity contribution in [2.45, 2.75) is 64.5 Å². The van der Waals surface area contributed by atoms with Crippen molar-refractivity contribution >= 4 is 14.0 Å². The molecule has 1 N–H and O–H groups in total. The van der Waals surface area contributed by atoms with Gasteiger partial charge in [0.15, 0.2) is 5.82 Å². The minimum absolute atomic E-state index is 0.234. The molecule has 0 saturated carbocycles. The van der Waals surface area contributed by atoms with Crippen molar-refractivity contribution in [3.05, 3.63) is 35.9 Å². The third-order valence-corrected chi connectivity index (χ3v) is 6.41. The van der Waals surface area contributed by atoms with Crippen LogP contribution in [-0.4, -0.2) is 50.9 Å². The molecule has 0 radical (unpaired) electrons. The zero-order valence-corrected chi connectivity index (χ0v) is 18.2. The molecule has 0 aliphatic rings. The first-order valence-electron chi connectivity index (χ1n) is 9.77. The van der Waals surface area contributed by atoms with Gasteiger partial charge in [-0.1, -0.05) is 33.0 Å². The molecule has 0 bridgehead atoms. The molecule has 2 atom stereocenters. The second kappa shape index (κ2) is 10.4. The van der Waals surface area contributed by atoms with Crippen molar-refractivity contribution in [1.29, 1.82) is 0 Å². The molecule has 2 heterocycles. The molecule has 0 saturated heterocycles. The molecule has 0 aromatic carbocycles. The van der Waals surface area contributed by atoms with Gasteiger partial charge in [0.1, 0.15) is 6.73 Å². The monoisotopic (exact) mass is 405 g/mol. The molecule has 0 aliphatic heterocycles. The standard InChI is InChI=1S/C19H31N5O3Si/c1-5-6-16(19(25)26)17(13-15-7-9-20-10-8-15)18-21-22-23-24(18)14-27-11-12-28(2,3)4/h7-10,16-17H,5-6,11-14H2,1-4H3,(H,25,26)/t16?,17-/m0/s1. The normalized spacial score (nSPS) is 14.0. The Bertz CT molecular complexity index is 733. The van der Waals surface area contributed by atoms with E-state index in [0.29, 0.717) is 25.3 Å². The average molecular weight is 406 g/mol. The van der Waals surface area contributed by atoms with Crippen LogP contribution in [0.4, 0.5) is 0 Å². The Morgan fingerprint density at radius 1 is 1.29 bits per heavy atom. The van der Waals surface area contributed by atoms with E-state index in [9.17, 15) is 9.90 Å². The molecular weight excluding hydrogens is 374 g/mol. The highest BCUT2D eigenvalue weighted by Crippen LogP contribution is 2.30. The lowest BCUT2D eigenvalue weighted by Crippen LogP contribution is -2.27. The van der Waals surface area contributed by atoms with Gasteiger partial charge < -0.3 is 9.84 Å². The van der Waals surface area contributed by atoms with Gasteiger partial charge in [-0.15, -0.1) is 5.10 Å². The topological polar surface area (TPSA) is 103 Å². The van der Waals surface area contributed by atoms with Crippen LogP contribution in [0.2, 0.25) is 25.7 Å². The van der Waals surface area contributed by atoms with Gasteiger partial charge in [-0.3, -0.25) is 9.78 Å². The largest absolute Gasteiger partial charge is 0.481 e. The van der Waals surface area contributed by atoms with E-state index in [2.05, 4.69) is 40.2 Å². The fraction of sp³-hybridized carbons (Fsp3) is 0.632. The summed E-state index contributed by atoms with van der Waals surface area (Å²) in [6, 6.07) is 4.85. The zero-order chi connectivity index (χ0) is 20.6. The Morgan fingerprint density at radius 3 is 2.61 bits per heavy atom. The number of pyridine rings is 1. The van der Waals surface area contributed by atoms with Crippen LogP contribution in [0.25, 0.3) is 0 Å². The van der Waals surface area contributed by atoms with Gasteiger partial charge in [-0.2, -0.15) is 0 Å². The SMILES string of the molecule is CCCC(C(=O)O)[C@H](Cc1ccncc1)c1nnnn1COCC[Si](C)(C)C. The van der Waals surface area contributed by atoms with Crippen LogP contribution in [-0.2, 0) is 22.7 Å². The minimum Gasteiger partial charge on any atom is -0.481 e. The van der Waals surface area contributed by atoms with Crippen LogP contribution < -0.4 is 0 Å². The van der Waals surface area contributed by atoms with Crippen LogP contribution in [0.3, 0.4) is 0 Å². The molecule has 8 nitrogen and oxygen atoms in total. The molecule has 0 amide bonds. The van der Waals surface area contributed by atoms with Crippen molar-refractivity contribution < 1.29 is 14.6 Å². The molecular formula is C19H31N5O3Si. The Hall–Kier alpha value is -2.13. The average Bonchev–Trinajstić information content (AvgIpc) is 3.10. The Morgan fingerprint density at radius 2 is 2.00 bits per heavy atom. The zero-order valence-electron chi connectivity index (χ0n) is 17.2. The maximum atomic E-state index is 12.0. The number of nitrogens with zero attached hydrogens (tertiary/aromatic N) is 5. The van der Waals surface area contributed by atoms with E-state index in [1.807, 2.05) is 19.1 Å². The minimum atomic E-state index is -1.18. The lowest BCUT2D eigenvalue weighted by atomic mass is 9.83. The van der Waals surface area contributed by atoms with Gasteiger partial charge in [0.2, 0.25) is 0 Å². The smallest absolute Gasteiger partial charge is 0.307 e. The summed E-state index contributed by atoms with van der Waals surface area (Å²) in [5.41, 5.74) is 1.01. The summed E-state index contributed by atoms with van der Waals surface area (Å²) < 4.78 is 7.39. The first-order valence-corrected chi connectivity index (χ1v) is 13.5. The predicted octanol–water partition coefficient (Wildman–Crippen LogP) is 3.21. The van der Waals surface area contributed by atoms with Gasteiger partial charge >= 0.3 is 5.97 Å². The van der Waals surface area contributed by atoms with E-state index in [1.165, 1.54) is 0 Å². The molecule has 0 fully saturated rings. The number of aromatic nitrogens is 5. The number of carbonyl (C=O) groups is 1. The summed E-state index contributed by atoms with van der Waals surface area (Å²) in [5, 5.41) is 21.9. The number of hydrogen-bond acceptors (Lipinski definition) is 6. The van der Waals surface area contributed by atoms with E-state index >= 15 is 0 Å². The van der Waals surface area contributed by atoms with E-state index in [1.54, 1.807) is 17.1 Å². The van der Waals surface area contributed by atoms with Crippen molar-refractivity contribution in [2.24, 2.45) is 5.92 Å². The molecule has 1 unspecified atom stereocenters. The van der Waals surface area contributed by atoms with Gasteiger partial charge in [-0.05, 0) is 47.0 Å². The van der Waals surface area contributed by atoms with E-state index < -0.39 is 20.0 Å². The Balaban J connectivity index is 2.20. The maximum Gasteiger partial charge on any atom is 0.307 e. The Kier molecular flexibility index (Phi) is 8.25. The highest BCUT2D eigenvalue weighted by Gasteiger charge is 2.33. The lowest BCUT2D eigenvalue weighted by Gasteiger charge is -2.23. The summed E-state index contributed by atoms with van der Waals surface area (Å²) in [4.78, 5) is 16.0. The number of carboxylic acid groups (broad SMARTS) is 1. The van der Waals surface area contributed by atoms with Crippen LogP contribution in [0.5, 0.6) is 0 Å². The van der Waals surface area contributed by atoms with Gasteiger partial charge in [-0.25, -0.2) is 4.68 Å². The van der Waals surface area contributed by atoms with E-state index in [4.69, 9.17) is 4.74 Å². The highest BCUT2D eigenvalue weighted by molar-refractivity contribution is 6.76. The summed E-state index contributed by atoms with van der Waals surface area (Å²) >= 11 is 0. The maximum absolute atomic E-state index is 12.0. The summed E-state index contributed by atoms with van der Waals surface area (Å²) in [5.74, 6) is -1.17. The molecule has 154 valence electrons. The molecule has 2 aromatic rings. The number of tetrazole rings is 1. The van der Waals surface area contributed by atoms with Crippen LogP contribution in [0.1, 0.15) is 37.1 Å². The summed E-state index contributed by atoms with van der Waals surface area (Å²) in [7, 11) is -1.18. The molecule has 2 aromatic heterocycles. The molecule has 0 spiro atoms. The van der Waals surface area contributed by atoms with E-state index in [0.717, 1.165) is 18.0 Å². The molecule has 2 rings (SSSR count). The third-order valence-electron chi connectivity index (χ3n) is 4.71. The number of ether oxygens (including phenoxy) is 1. The molecule has 28 heavy (non-hydrogen) atoms. The number of carboxylic acids is 1. The van der Waals surface area contributed by atoms with Crippen molar-refractivity contribution in [3.8, 4) is 0 Å². The molecule has 0 aliphatic carbocycles. The first kappa shape index (κ1) is 22.2. The van der Waals surface area contributed by atoms with Crippen molar-refractivity contribution in [2.75, 3.05) is 6.61 Å².